The number of amides is 3. The SMILES string of the molecule is CC(=O)NC[C@H]1CCCN(C(=O)CN2CC3(CCCC3)CC2=O)C1. The van der Waals surface area contributed by atoms with Crippen LogP contribution in [-0.4, -0.2) is 60.2 Å². The molecule has 2 heterocycles. The van der Waals surface area contributed by atoms with Gasteiger partial charge in [0.2, 0.25) is 17.7 Å². The molecule has 6 nitrogen and oxygen atoms in total. The molecule has 1 spiro atoms. The van der Waals surface area contributed by atoms with Crippen LogP contribution in [0, 0.1) is 11.3 Å². The van der Waals surface area contributed by atoms with Gasteiger partial charge < -0.3 is 15.1 Å². The van der Waals surface area contributed by atoms with Crippen molar-refractivity contribution < 1.29 is 14.4 Å². The minimum absolute atomic E-state index is 0.0250. The van der Waals surface area contributed by atoms with Crippen molar-refractivity contribution in [1.29, 1.82) is 0 Å². The molecule has 1 atom stereocenters. The second-order valence-corrected chi connectivity index (χ2v) is 7.92. The van der Waals surface area contributed by atoms with Crippen molar-refractivity contribution in [3.8, 4) is 0 Å². The lowest BCUT2D eigenvalue weighted by molar-refractivity contribution is -0.139. The molecular weight excluding hydrogens is 306 g/mol. The molecule has 0 unspecified atom stereocenters. The number of nitrogens with zero attached hydrogens (tertiary/aromatic N) is 2. The van der Waals surface area contributed by atoms with Gasteiger partial charge in [0.1, 0.15) is 0 Å². The van der Waals surface area contributed by atoms with Crippen LogP contribution in [-0.2, 0) is 14.4 Å². The van der Waals surface area contributed by atoms with Crippen LogP contribution in [0.25, 0.3) is 0 Å². The van der Waals surface area contributed by atoms with Crippen molar-refractivity contribution in [2.45, 2.75) is 51.9 Å². The molecule has 3 aliphatic rings. The molecule has 3 amide bonds. The summed E-state index contributed by atoms with van der Waals surface area (Å²) in [4.78, 5) is 39.7. The maximum Gasteiger partial charge on any atom is 0.242 e. The smallest absolute Gasteiger partial charge is 0.242 e. The zero-order valence-electron chi connectivity index (χ0n) is 14.7. The van der Waals surface area contributed by atoms with Gasteiger partial charge in [-0.05, 0) is 37.0 Å². The van der Waals surface area contributed by atoms with Gasteiger partial charge in [-0.25, -0.2) is 0 Å². The highest BCUT2D eigenvalue weighted by Crippen LogP contribution is 2.45. The van der Waals surface area contributed by atoms with Crippen molar-refractivity contribution in [3.63, 3.8) is 0 Å². The summed E-state index contributed by atoms with van der Waals surface area (Å²) in [7, 11) is 0. The number of carbonyl (C=O) groups excluding carboxylic acids is 3. The fourth-order valence-electron chi connectivity index (χ4n) is 4.60. The first-order valence-electron chi connectivity index (χ1n) is 9.27. The highest BCUT2D eigenvalue weighted by molar-refractivity contribution is 5.86. The Morgan fingerprint density at radius 1 is 1.25 bits per heavy atom. The maximum absolute atomic E-state index is 12.6. The molecule has 1 aliphatic carbocycles. The standard InChI is InChI=1S/C18H29N3O3/c1-14(22)19-10-15-5-4-8-20(11-15)17(24)12-21-13-18(9-16(21)23)6-2-3-7-18/h15H,2-13H2,1H3,(H,19,22)/t15-/m1/s1. The Labute approximate surface area is 143 Å². The van der Waals surface area contributed by atoms with E-state index >= 15 is 0 Å². The number of rotatable bonds is 4. The van der Waals surface area contributed by atoms with E-state index in [2.05, 4.69) is 5.32 Å². The second kappa shape index (κ2) is 7.11. The maximum atomic E-state index is 12.6. The highest BCUT2D eigenvalue weighted by atomic mass is 16.2. The first kappa shape index (κ1) is 17.2. The van der Waals surface area contributed by atoms with Crippen LogP contribution in [0.1, 0.15) is 51.9 Å². The number of hydrogen-bond donors (Lipinski definition) is 1. The summed E-state index contributed by atoms with van der Waals surface area (Å²) in [6.07, 6.45) is 7.32. The van der Waals surface area contributed by atoms with Gasteiger partial charge in [-0.3, -0.25) is 14.4 Å². The molecular formula is C18H29N3O3. The van der Waals surface area contributed by atoms with Crippen molar-refractivity contribution in [3.05, 3.63) is 0 Å². The van der Waals surface area contributed by atoms with E-state index in [-0.39, 0.29) is 29.7 Å². The van der Waals surface area contributed by atoms with E-state index in [1.165, 1.54) is 19.8 Å². The molecule has 2 aliphatic heterocycles. The molecule has 6 heteroatoms. The van der Waals surface area contributed by atoms with E-state index in [4.69, 9.17) is 0 Å². The van der Waals surface area contributed by atoms with Crippen LogP contribution in [0.3, 0.4) is 0 Å². The quantitative estimate of drug-likeness (QED) is 0.838. The lowest BCUT2D eigenvalue weighted by atomic mass is 9.85. The predicted molar refractivity (Wildman–Crippen MR) is 90.1 cm³/mol. The Kier molecular flexibility index (Phi) is 5.11. The summed E-state index contributed by atoms with van der Waals surface area (Å²) in [5.41, 5.74) is 0.160. The molecule has 0 radical (unpaired) electrons. The van der Waals surface area contributed by atoms with Crippen molar-refractivity contribution in [2.24, 2.45) is 11.3 Å². The van der Waals surface area contributed by atoms with Crippen LogP contribution < -0.4 is 5.32 Å². The molecule has 3 rings (SSSR count). The summed E-state index contributed by atoms with van der Waals surface area (Å²) in [5.74, 6) is 0.507. The fraction of sp³-hybridized carbons (Fsp3) is 0.833. The van der Waals surface area contributed by atoms with Gasteiger partial charge in [0.25, 0.3) is 0 Å². The normalized spacial score (nSPS) is 26.2. The van der Waals surface area contributed by atoms with Gasteiger partial charge in [-0.15, -0.1) is 0 Å². The average Bonchev–Trinajstić information content (AvgIpc) is 3.12. The second-order valence-electron chi connectivity index (χ2n) is 7.92. The summed E-state index contributed by atoms with van der Waals surface area (Å²) in [6, 6.07) is 0. The minimum atomic E-state index is -0.0250. The summed E-state index contributed by atoms with van der Waals surface area (Å²) < 4.78 is 0. The number of carbonyl (C=O) groups is 3. The van der Waals surface area contributed by atoms with Gasteiger partial charge in [0, 0.05) is 39.5 Å². The molecule has 3 fully saturated rings. The van der Waals surface area contributed by atoms with Crippen LogP contribution in [0.15, 0.2) is 0 Å². The van der Waals surface area contributed by atoms with Gasteiger partial charge in [-0.2, -0.15) is 0 Å². The molecule has 0 bridgehead atoms. The van der Waals surface area contributed by atoms with E-state index in [1.807, 2.05) is 4.90 Å². The fourth-order valence-corrected chi connectivity index (χ4v) is 4.60. The Morgan fingerprint density at radius 3 is 2.71 bits per heavy atom. The number of likely N-dealkylation sites (tertiary alicyclic amines) is 2. The molecule has 0 aromatic rings. The Hall–Kier alpha value is -1.59. The van der Waals surface area contributed by atoms with Gasteiger partial charge in [0.15, 0.2) is 0 Å². The van der Waals surface area contributed by atoms with E-state index in [1.54, 1.807) is 4.90 Å². The van der Waals surface area contributed by atoms with Crippen LogP contribution in [0.4, 0.5) is 0 Å². The van der Waals surface area contributed by atoms with Crippen LogP contribution >= 0.6 is 0 Å². The molecule has 1 saturated carbocycles. The molecule has 24 heavy (non-hydrogen) atoms. The number of piperidine rings is 1. The Bertz CT molecular complexity index is 514. The zero-order chi connectivity index (χ0) is 17.2. The zero-order valence-corrected chi connectivity index (χ0v) is 14.7. The predicted octanol–water partition coefficient (Wildman–Crippen LogP) is 1.15. The molecule has 0 aromatic carbocycles. The summed E-state index contributed by atoms with van der Waals surface area (Å²) in [6.45, 7) is 4.59. The number of nitrogens with one attached hydrogen (secondary N) is 1. The van der Waals surface area contributed by atoms with Crippen molar-refractivity contribution in [2.75, 3.05) is 32.7 Å². The van der Waals surface area contributed by atoms with Gasteiger partial charge in [0.05, 0.1) is 6.54 Å². The first-order chi connectivity index (χ1) is 11.5. The van der Waals surface area contributed by atoms with Gasteiger partial charge in [-0.1, -0.05) is 12.8 Å². The van der Waals surface area contributed by atoms with Crippen LogP contribution in [0.5, 0.6) is 0 Å². The average molecular weight is 335 g/mol. The highest BCUT2D eigenvalue weighted by Gasteiger charge is 2.45. The monoisotopic (exact) mass is 335 g/mol. The Morgan fingerprint density at radius 2 is 2.00 bits per heavy atom. The third kappa shape index (κ3) is 3.90. The topological polar surface area (TPSA) is 69.7 Å². The van der Waals surface area contributed by atoms with E-state index in [0.717, 1.165) is 38.8 Å². The largest absolute Gasteiger partial charge is 0.356 e. The van der Waals surface area contributed by atoms with E-state index < -0.39 is 0 Å². The van der Waals surface area contributed by atoms with Crippen molar-refractivity contribution >= 4 is 17.7 Å². The molecule has 0 aromatic heterocycles. The number of hydrogen-bond acceptors (Lipinski definition) is 3. The lowest BCUT2D eigenvalue weighted by Crippen LogP contribution is -2.47. The molecule has 134 valence electrons. The molecule has 2 saturated heterocycles. The Balaban J connectivity index is 1.51. The lowest BCUT2D eigenvalue weighted by Gasteiger charge is -2.34. The van der Waals surface area contributed by atoms with Crippen LogP contribution in [0.2, 0.25) is 0 Å². The van der Waals surface area contributed by atoms with Crippen molar-refractivity contribution in [1.82, 2.24) is 15.1 Å². The molecule has 1 N–H and O–H groups in total. The van der Waals surface area contributed by atoms with Gasteiger partial charge >= 0.3 is 0 Å². The van der Waals surface area contributed by atoms with E-state index in [0.29, 0.717) is 25.4 Å². The minimum Gasteiger partial charge on any atom is -0.356 e. The third-order valence-corrected chi connectivity index (χ3v) is 5.91. The first-order valence-corrected chi connectivity index (χ1v) is 9.27. The third-order valence-electron chi connectivity index (χ3n) is 5.91. The van der Waals surface area contributed by atoms with E-state index in [9.17, 15) is 14.4 Å². The summed E-state index contributed by atoms with van der Waals surface area (Å²) in [5, 5.41) is 2.85. The summed E-state index contributed by atoms with van der Waals surface area (Å²) >= 11 is 0.